The first-order valence-corrected chi connectivity index (χ1v) is 7.99. The Hall–Kier alpha value is -1.56. The normalized spacial score (nSPS) is 10.0. The van der Waals surface area contributed by atoms with Gasteiger partial charge in [0.1, 0.15) is 5.75 Å². The van der Waals surface area contributed by atoms with Crippen LogP contribution in [0.1, 0.15) is 10.4 Å². The molecule has 0 heterocycles. The van der Waals surface area contributed by atoms with Crippen LogP contribution in [0.4, 0.5) is 0 Å². The molecule has 0 saturated heterocycles. The van der Waals surface area contributed by atoms with Crippen molar-refractivity contribution in [3.05, 3.63) is 61.2 Å². The summed E-state index contributed by atoms with van der Waals surface area (Å²) < 4.78 is 7.67. The standard InChI is InChI=1S/C15H14INO2/c1-17-15(18)11-4-3-5-13(10-11)16-12-6-8-14(19-2)9-7-12/h3-10H,1-2H3/p+1. The van der Waals surface area contributed by atoms with Crippen molar-refractivity contribution in [1.82, 2.24) is 5.32 Å². The Labute approximate surface area is 123 Å². The van der Waals surface area contributed by atoms with Crippen molar-refractivity contribution >= 4 is 5.91 Å². The Balaban J connectivity index is 2.16. The van der Waals surface area contributed by atoms with E-state index in [1.165, 1.54) is 7.14 Å². The van der Waals surface area contributed by atoms with E-state index in [4.69, 9.17) is 4.74 Å². The molecule has 2 aromatic rings. The minimum atomic E-state index is -0.273. The van der Waals surface area contributed by atoms with Gasteiger partial charge in [-0.15, -0.1) is 0 Å². The Morgan fingerprint density at radius 1 is 1.11 bits per heavy atom. The molecule has 1 N–H and O–H groups in total. The molecule has 0 fully saturated rings. The van der Waals surface area contributed by atoms with Crippen LogP contribution in [0.5, 0.6) is 5.75 Å². The second-order valence-electron chi connectivity index (χ2n) is 3.84. The van der Waals surface area contributed by atoms with Gasteiger partial charge in [-0.05, 0) is 36.4 Å². The number of halogens is 1. The minimum Gasteiger partial charge on any atom is -0.497 e. The van der Waals surface area contributed by atoms with Gasteiger partial charge in [0.15, 0.2) is 7.14 Å². The molecule has 4 heteroatoms. The molecule has 0 aliphatic rings. The van der Waals surface area contributed by atoms with E-state index in [2.05, 4.69) is 23.5 Å². The lowest BCUT2D eigenvalue weighted by Gasteiger charge is -1.98. The summed E-state index contributed by atoms with van der Waals surface area (Å²) in [6, 6.07) is 15.9. The molecule has 0 saturated carbocycles. The van der Waals surface area contributed by atoms with Crippen LogP contribution in [0, 0.1) is 7.14 Å². The SMILES string of the molecule is CNC(=O)c1cccc([I+]c2ccc(OC)cc2)c1. The summed E-state index contributed by atoms with van der Waals surface area (Å²) in [5, 5.41) is 2.64. The predicted octanol–water partition coefficient (Wildman–Crippen LogP) is -0.817. The van der Waals surface area contributed by atoms with Gasteiger partial charge in [0, 0.05) is 18.7 Å². The zero-order valence-corrected chi connectivity index (χ0v) is 13.0. The summed E-state index contributed by atoms with van der Waals surface area (Å²) in [6.07, 6.45) is 0. The third kappa shape index (κ3) is 3.70. The smallest absolute Gasteiger partial charge is 0.357 e. The number of amides is 1. The van der Waals surface area contributed by atoms with E-state index in [1.807, 2.05) is 30.3 Å². The highest BCUT2D eigenvalue weighted by Crippen LogP contribution is 2.06. The minimum absolute atomic E-state index is 0.0411. The van der Waals surface area contributed by atoms with E-state index in [0.29, 0.717) is 5.56 Å². The van der Waals surface area contributed by atoms with Crippen LogP contribution in [0.15, 0.2) is 48.5 Å². The Kier molecular flexibility index (Phi) is 4.79. The Morgan fingerprint density at radius 3 is 2.47 bits per heavy atom. The number of hydrogen-bond acceptors (Lipinski definition) is 2. The average molecular weight is 368 g/mol. The van der Waals surface area contributed by atoms with Crippen molar-refractivity contribution < 1.29 is 30.7 Å². The molecule has 2 rings (SSSR count). The molecule has 3 nitrogen and oxygen atoms in total. The number of nitrogens with one attached hydrogen (secondary N) is 1. The molecule has 0 spiro atoms. The van der Waals surface area contributed by atoms with Gasteiger partial charge < -0.3 is 10.1 Å². The second kappa shape index (κ2) is 6.56. The highest BCUT2D eigenvalue weighted by atomic mass is 127. The fourth-order valence-electron chi connectivity index (χ4n) is 1.59. The van der Waals surface area contributed by atoms with Crippen LogP contribution in [-0.4, -0.2) is 20.1 Å². The summed E-state index contributed by atoms with van der Waals surface area (Å²) in [4.78, 5) is 11.6. The zero-order chi connectivity index (χ0) is 13.7. The molecule has 0 aromatic heterocycles. The molecule has 0 atom stereocenters. The van der Waals surface area contributed by atoms with Crippen molar-refractivity contribution in [3.63, 3.8) is 0 Å². The first-order chi connectivity index (χ1) is 9.22. The molecule has 0 radical (unpaired) electrons. The van der Waals surface area contributed by atoms with E-state index < -0.39 is 0 Å². The van der Waals surface area contributed by atoms with Crippen LogP contribution in [0.3, 0.4) is 0 Å². The third-order valence-corrected chi connectivity index (χ3v) is 5.22. The molecule has 19 heavy (non-hydrogen) atoms. The van der Waals surface area contributed by atoms with Gasteiger partial charge in [-0.2, -0.15) is 0 Å². The van der Waals surface area contributed by atoms with E-state index in [-0.39, 0.29) is 27.1 Å². The summed E-state index contributed by atoms with van der Waals surface area (Å²) in [5.74, 6) is 0.826. The first kappa shape index (κ1) is 13.9. The number of hydrogen-bond donors (Lipinski definition) is 1. The summed E-state index contributed by atoms with van der Waals surface area (Å²) >= 11 is -0.273. The van der Waals surface area contributed by atoms with Gasteiger partial charge in [0.25, 0.3) is 5.91 Å². The summed E-state index contributed by atoms with van der Waals surface area (Å²) in [5.41, 5.74) is 0.716. The van der Waals surface area contributed by atoms with Crippen LogP contribution >= 0.6 is 0 Å². The monoisotopic (exact) mass is 368 g/mol. The van der Waals surface area contributed by atoms with Gasteiger partial charge >= 0.3 is 21.2 Å². The highest BCUT2D eigenvalue weighted by molar-refractivity contribution is 5.93. The number of carbonyl (C=O) groups is 1. The molecule has 98 valence electrons. The van der Waals surface area contributed by atoms with Crippen LogP contribution < -0.4 is 31.3 Å². The van der Waals surface area contributed by atoms with Crippen molar-refractivity contribution in [2.45, 2.75) is 0 Å². The highest BCUT2D eigenvalue weighted by Gasteiger charge is 2.17. The maximum absolute atomic E-state index is 11.6. The summed E-state index contributed by atoms with van der Waals surface area (Å²) in [7, 11) is 3.31. The first-order valence-electron chi connectivity index (χ1n) is 5.84. The van der Waals surface area contributed by atoms with Gasteiger partial charge in [-0.3, -0.25) is 4.79 Å². The molecule has 1 amide bonds. The van der Waals surface area contributed by atoms with Gasteiger partial charge in [0.05, 0.1) is 7.11 Å². The van der Waals surface area contributed by atoms with Gasteiger partial charge in [0.2, 0.25) is 0 Å². The molecule has 0 bridgehead atoms. The van der Waals surface area contributed by atoms with E-state index in [1.54, 1.807) is 14.2 Å². The molecule has 0 aliphatic heterocycles. The zero-order valence-electron chi connectivity index (χ0n) is 10.8. The fourth-order valence-corrected chi connectivity index (χ4v) is 3.91. The van der Waals surface area contributed by atoms with Crippen molar-refractivity contribution in [2.24, 2.45) is 0 Å². The maximum Gasteiger partial charge on any atom is 0.357 e. The van der Waals surface area contributed by atoms with Gasteiger partial charge in [-0.25, -0.2) is 0 Å². The number of benzene rings is 2. The molecular weight excluding hydrogens is 353 g/mol. The molecule has 0 unspecified atom stereocenters. The van der Waals surface area contributed by atoms with E-state index in [9.17, 15) is 4.79 Å². The van der Waals surface area contributed by atoms with Crippen LogP contribution in [0.2, 0.25) is 0 Å². The topological polar surface area (TPSA) is 38.3 Å². The quantitative estimate of drug-likeness (QED) is 0.717. The predicted molar refractivity (Wildman–Crippen MR) is 70.2 cm³/mol. The summed E-state index contributed by atoms with van der Waals surface area (Å²) in [6.45, 7) is 0. The number of carbonyl (C=O) groups excluding carboxylic acids is 1. The Bertz CT molecular complexity index is 567. The van der Waals surface area contributed by atoms with E-state index in [0.717, 1.165) is 5.75 Å². The van der Waals surface area contributed by atoms with Crippen molar-refractivity contribution in [1.29, 1.82) is 0 Å². The molecule has 2 aromatic carbocycles. The van der Waals surface area contributed by atoms with Crippen LogP contribution in [0.25, 0.3) is 0 Å². The van der Waals surface area contributed by atoms with Crippen LogP contribution in [-0.2, 0) is 0 Å². The molecule has 0 aliphatic carbocycles. The van der Waals surface area contributed by atoms with Crippen molar-refractivity contribution in [3.8, 4) is 5.75 Å². The second-order valence-corrected chi connectivity index (χ2v) is 6.87. The number of methoxy groups -OCH3 is 1. The van der Waals surface area contributed by atoms with E-state index >= 15 is 0 Å². The fraction of sp³-hybridized carbons (Fsp3) is 0.133. The van der Waals surface area contributed by atoms with Crippen molar-refractivity contribution in [2.75, 3.05) is 14.2 Å². The number of rotatable bonds is 4. The lowest BCUT2D eigenvalue weighted by molar-refractivity contribution is -0.597. The Morgan fingerprint density at radius 2 is 1.84 bits per heavy atom. The average Bonchev–Trinajstić information content (AvgIpc) is 2.47. The van der Waals surface area contributed by atoms with Gasteiger partial charge in [-0.1, -0.05) is 6.07 Å². The third-order valence-electron chi connectivity index (χ3n) is 2.58. The lowest BCUT2D eigenvalue weighted by Crippen LogP contribution is -3.61. The maximum atomic E-state index is 11.6. The number of ether oxygens (including phenoxy) is 1. The molecular formula is C15H15INO2+. The lowest BCUT2D eigenvalue weighted by atomic mass is 10.2. The largest absolute Gasteiger partial charge is 0.497 e.